The van der Waals surface area contributed by atoms with Gasteiger partial charge in [-0.05, 0) is 26.0 Å². The number of fused-ring (bicyclic) bond motifs is 3. The predicted molar refractivity (Wildman–Crippen MR) is 69.5 cm³/mol. The Labute approximate surface area is 107 Å². The monoisotopic (exact) mass is 267 g/mol. The third-order valence-corrected chi connectivity index (χ3v) is 6.54. The summed E-state index contributed by atoms with van der Waals surface area (Å²) >= 11 is 0. The topological polar surface area (TPSA) is 55.4 Å². The Morgan fingerprint density at radius 3 is 2.94 bits per heavy atom. The van der Waals surface area contributed by atoms with E-state index in [0.29, 0.717) is 6.42 Å². The van der Waals surface area contributed by atoms with Crippen molar-refractivity contribution in [2.24, 2.45) is 0 Å². The molecule has 4 nitrogen and oxygen atoms in total. The number of rotatable bonds is 0. The average Bonchev–Trinajstić information content (AvgIpc) is 2.48. The Hall–Kier alpha value is -1.07. The molecule has 0 aliphatic carbocycles. The summed E-state index contributed by atoms with van der Waals surface area (Å²) in [5.41, 5.74) is 0.964. The van der Waals surface area contributed by atoms with Crippen molar-refractivity contribution >= 4 is 9.84 Å². The summed E-state index contributed by atoms with van der Waals surface area (Å²) in [6, 6.07) is 7.55. The van der Waals surface area contributed by atoms with Crippen LogP contribution in [0.5, 0.6) is 5.75 Å². The van der Waals surface area contributed by atoms with E-state index in [1.165, 1.54) is 0 Å². The highest BCUT2D eigenvalue weighted by Crippen LogP contribution is 2.37. The van der Waals surface area contributed by atoms with Gasteiger partial charge >= 0.3 is 0 Å². The summed E-state index contributed by atoms with van der Waals surface area (Å²) < 4.78 is 30.5. The summed E-state index contributed by atoms with van der Waals surface area (Å²) in [4.78, 5) is 0. The minimum atomic E-state index is -3.13. The van der Waals surface area contributed by atoms with E-state index in [-0.39, 0.29) is 17.9 Å². The molecule has 2 heterocycles. The van der Waals surface area contributed by atoms with Crippen LogP contribution < -0.4 is 10.1 Å². The second-order valence-corrected chi connectivity index (χ2v) is 7.60. The van der Waals surface area contributed by atoms with E-state index in [1.54, 1.807) is 6.92 Å². The number of benzene rings is 1. The van der Waals surface area contributed by atoms with E-state index in [4.69, 9.17) is 4.74 Å². The molecule has 5 heteroatoms. The van der Waals surface area contributed by atoms with E-state index in [0.717, 1.165) is 17.9 Å². The van der Waals surface area contributed by atoms with Gasteiger partial charge in [0.1, 0.15) is 17.6 Å². The summed E-state index contributed by atoms with van der Waals surface area (Å²) in [5, 5.41) is 2.60. The fourth-order valence-electron chi connectivity index (χ4n) is 2.77. The molecule has 1 aromatic carbocycles. The van der Waals surface area contributed by atoms with Gasteiger partial charge in [-0.15, -0.1) is 0 Å². The molecular weight excluding hydrogens is 250 g/mol. The largest absolute Gasteiger partial charge is 0.492 e. The zero-order chi connectivity index (χ0) is 12.8. The van der Waals surface area contributed by atoms with Crippen LogP contribution in [-0.4, -0.2) is 32.1 Å². The van der Waals surface area contributed by atoms with Gasteiger partial charge in [-0.2, -0.15) is 0 Å². The van der Waals surface area contributed by atoms with Crippen LogP contribution in [0, 0.1) is 0 Å². The molecule has 1 fully saturated rings. The second kappa shape index (κ2) is 4.24. The highest BCUT2D eigenvalue weighted by atomic mass is 32.2. The van der Waals surface area contributed by atoms with Crippen LogP contribution in [0.1, 0.15) is 24.9 Å². The van der Waals surface area contributed by atoms with Gasteiger partial charge in [0.05, 0.1) is 11.3 Å². The third-order valence-electron chi connectivity index (χ3n) is 3.93. The normalized spacial score (nSPS) is 33.7. The predicted octanol–water partition coefficient (Wildman–Crippen LogP) is 1.29. The zero-order valence-electron chi connectivity index (χ0n) is 10.3. The van der Waals surface area contributed by atoms with E-state index < -0.39 is 15.1 Å². The molecule has 2 aliphatic heterocycles. The van der Waals surface area contributed by atoms with Crippen molar-refractivity contribution < 1.29 is 13.2 Å². The Balaban J connectivity index is 2.08. The summed E-state index contributed by atoms with van der Waals surface area (Å²) in [6.07, 6.45) is 0.664. The lowest BCUT2D eigenvalue weighted by atomic mass is 10.00. The summed E-state index contributed by atoms with van der Waals surface area (Å²) in [5.74, 6) is 0.802. The van der Waals surface area contributed by atoms with Crippen LogP contribution in [0.2, 0.25) is 0 Å². The van der Waals surface area contributed by atoms with Gasteiger partial charge in [-0.1, -0.05) is 18.2 Å². The van der Waals surface area contributed by atoms with E-state index >= 15 is 0 Å². The number of hydrogen-bond donors (Lipinski definition) is 1. The average molecular weight is 267 g/mol. The van der Waals surface area contributed by atoms with Crippen molar-refractivity contribution in [2.45, 2.75) is 29.9 Å². The number of hydrogen-bond acceptors (Lipinski definition) is 4. The third kappa shape index (κ3) is 1.73. The first-order chi connectivity index (χ1) is 8.60. The van der Waals surface area contributed by atoms with Gasteiger partial charge in [0.25, 0.3) is 0 Å². The highest BCUT2D eigenvalue weighted by molar-refractivity contribution is 7.92. The molecular formula is C13H17NO3S. The molecule has 3 rings (SSSR count). The Morgan fingerprint density at radius 1 is 1.33 bits per heavy atom. The van der Waals surface area contributed by atoms with Crippen molar-refractivity contribution in [3.05, 3.63) is 29.8 Å². The lowest BCUT2D eigenvalue weighted by molar-refractivity contribution is 0.257. The molecule has 0 spiro atoms. The van der Waals surface area contributed by atoms with Crippen LogP contribution in [0.25, 0.3) is 0 Å². The molecule has 0 amide bonds. The molecule has 1 aromatic rings. The quantitative estimate of drug-likeness (QED) is 0.769. The molecule has 2 aliphatic rings. The van der Waals surface area contributed by atoms with E-state index in [2.05, 4.69) is 5.32 Å². The fraction of sp³-hybridized carbons (Fsp3) is 0.538. The first-order valence-electron chi connectivity index (χ1n) is 6.28. The van der Waals surface area contributed by atoms with E-state index in [9.17, 15) is 8.42 Å². The zero-order valence-corrected chi connectivity index (χ0v) is 11.1. The van der Waals surface area contributed by atoms with Gasteiger partial charge < -0.3 is 10.1 Å². The fourth-order valence-corrected chi connectivity index (χ4v) is 4.69. The van der Waals surface area contributed by atoms with Crippen LogP contribution >= 0.6 is 0 Å². The molecule has 1 N–H and O–H groups in total. The molecule has 98 valence electrons. The molecule has 1 saturated heterocycles. The smallest absolute Gasteiger partial charge is 0.161 e. The van der Waals surface area contributed by atoms with Gasteiger partial charge in [0.15, 0.2) is 9.84 Å². The lowest BCUT2D eigenvalue weighted by Gasteiger charge is -2.32. The summed E-state index contributed by atoms with van der Waals surface area (Å²) in [7, 11) is -3.13. The standard InChI is InChI=1S/C13H17NO3S/c1-9-6-7-14-13-10-4-2-3-5-11(10)17-8-12(13)18(9,15)16/h2-5,9,12-14H,6-8H2,1H3. The number of para-hydroxylation sites is 1. The van der Waals surface area contributed by atoms with Crippen LogP contribution in [0.3, 0.4) is 0 Å². The molecule has 3 atom stereocenters. The Morgan fingerprint density at radius 2 is 2.11 bits per heavy atom. The molecule has 3 unspecified atom stereocenters. The second-order valence-electron chi connectivity index (χ2n) is 5.01. The van der Waals surface area contributed by atoms with Gasteiger partial charge in [0.2, 0.25) is 0 Å². The Bertz CT molecular complexity index is 555. The van der Waals surface area contributed by atoms with E-state index in [1.807, 2.05) is 24.3 Å². The first kappa shape index (κ1) is 12.0. The maximum absolute atomic E-state index is 12.5. The summed E-state index contributed by atoms with van der Waals surface area (Å²) in [6.45, 7) is 2.77. The van der Waals surface area contributed by atoms with Crippen LogP contribution in [-0.2, 0) is 9.84 Å². The molecule has 0 radical (unpaired) electrons. The minimum absolute atomic E-state index is 0.134. The van der Waals surface area contributed by atoms with Gasteiger partial charge in [-0.3, -0.25) is 0 Å². The SMILES string of the molecule is CC1CCNC2c3ccccc3OCC2S1(=O)=O. The molecule has 0 bridgehead atoms. The maximum atomic E-state index is 12.5. The minimum Gasteiger partial charge on any atom is -0.492 e. The number of ether oxygens (including phenoxy) is 1. The van der Waals surface area contributed by atoms with Crippen LogP contribution in [0.15, 0.2) is 24.3 Å². The van der Waals surface area contributed by atoms with Crippen molar-refractivity contribution in [1.29, 1.82) is 0 Å². The van der Waals surface area contributed by atoms with Gasteiger partial charge in [0, 0.05) is 5.56 Å². The molecule has 0 aromatic heterocycles. The number of sulfone groups is 1. The number of nitrogens with one attached hydrogen (secondary N) is 1. The molecule has 0 saturated carbocycles. The highest BCUT2D eigenvalue weighted by Gasteiger charge is 2.43. The van der Waals surface area contributed by atoms with Crippen molar-refractivity contribution in [3.8, 4) is 5.75 Å². The van der Waals surface area contributed by atoms with Crippen molar-refractivity contribution in [2.75, 3.05) is 13.2 Å². The Kier molecular flexibility index (Phi) is 2.83. The molecule has 18 heavy (non-hydrogen) atoms. The van der Waals surface area contributed by atoms with Gasteiger partial charge in [-0.25, -0.2) is 8.42 Å². The first-order valence-corrected chi connectivity index (χ1v) is 7.89. The van der Waals surface area contributed by atoms with Crippen molar-refractivity contribution in [3.63, 3.8) is 0 Å². The maximum Gasteiger partial charge on any atom is 0.161 e. The van der Waals surface area contributed by atoms with Crippen molar-refractivity contribution in [1.82, 2.24) is 5.32 Å². The lowest BCUT2D eigenvalue weighted by Crippen LogP contribution is -2.43. The van der Waals surface area contributed by atoms with Crippen LogP contribution in [0.4, 0.5) is 0 Å².